The van der Waals surface area contributed by atoms with Crippen molar-refractivity contribution in [3.05, 3.63) is 12.4 Å². The minimum atomic E-state index is 0.190. The third-order valence-electron chi connectivity index (χ3n) is 1.14. The zero-order valence-corrected chi connectivity index (χ0v) is 5.38. The summed E-state index contributed by atoms with van der Waals surface area (Å²) in [5.41, 5.74) is 5.38. The summed E-state index contributed by atoms with van der Waals surface area (Å²) in [6, 6.07) is 0. The van der Waals surface area contributed by atoms with E-state index < -0.39 is 0 Å². The Morgan fingerprint density at radius 2 is 2.36 bits per heavy atom. The predicted octanol–water partition coefficient (Wildman–Crippen LogP) is -0.768. The number of nitrogen functional groups attached to an aromatic ring is 1. The first kappa shape index (κ1) is 5.83. The largest absolute Gasteiger partial charge is 0.378 e. The van der Waals surface area contributed by atoms with Crippen molar-refractivity contribution in [2.24, 2.45) is 0 Å². The third kappa shape index (κ3) is 0.820. The van der Waals surface area contributed by atoms with Gasteiger partial charge in [-0.25, -0.2) is 4.63 Å². The van der Waals surface area contributed by atoms with Gasteiger partial charge in [-0.2, -0.15) is 4.68 Å². The van der Waals surface area contributed by atoms with Gasteiger partial charge in [-0.3, -0.25) is 0 Å². The molecular weight excluding hydrogens is 148 g/mol. The van der Waals surface area contributed by atoms with Crippen molar-refractivity contribution >= 4 is 5.82 Å². The molecule has 0 spiro atoms. The van der Waals surface area contributed by atoms with Crippen molar-refractivity contribution in [1.82, 2.24) is 25.3 Å². The second kappa shape index (κ2) is 2.04. The molecule has 56 valence electrons. The summed E-state index contributed by atoms with van der Waals surface area (Å²) in [6.45, 7) is 0. The molecule has 2 rings (SSSR count). The van der Waals surface area contributed by atoms with E-state index in [-0.39, 0.29) is 5.82 Å². The number of hydrogen-bond donors (Lipinski definition) is 1. The van der Waals surface area contributed by atoms with Crippen LogP contribution in [0.15, 0.2) is 17.0 Å². The highest BCUT2D eigenvalue weighted by molar-refractivity contribution is 5.42. The van der Waals surface area contributed by atoms with E-state index in [1.165, 1.54) is 10.9 Å². The lowest BCUT2D eigenvalue weighted by Crippen LogP contribution is -1.99. The van der Waals surface area contributed by atoms with Gasteiger partial charge in [-0.15, -0.1) is 5.10 Å². The molecule has 11 heavy (non-hydrogen) atoms. The van der Waals surface area contributed by atoms with E-state index in [1.807, 2.05) is 0 Å². The topological polar surface area (TPSA) is 95.7 Å². The molecule has 7 heteroatoms. The van der Waals surface area contributed by atoms with Gasteiger partial charge in [-0.1, -0.05) is 5.21 Å². The summed E-state index contributed by atoms with van der Waals surface area (Å²) in [5.74, 6) is 0.540. The highest BCUT2D eigenvalue weighted by Gasteiger charge is 2.07. The normalized spacial score (nSPS) is 10.2. The summed E-state index contributed by atoms with van der Waals surface area (Å²) in [6.07, 6.45) is 3.10. The first-order valence-corrected chi connectivity index (χ1v) is 2.82. The van der Waals surface area contributed by atoms with Crippen molar-refractivity contribution in [1.29, 1.82) is 0 Å². The Morgan fingerprint density at radius 1 is 1.45 bits per heavy atom. The summed E-state index contributed by atoms with van der Waals surface area (Å²) < 4.78 is 5.72. The number of nitrogens with zero attached hydrogens (tertiary/aromatic N) is 5. The van der Waals surface area contributed by atoms with E-state index in [1.54, 1.807) is 6.20 Å². The van der Waals surface area contributed by atoms with Gasteiger partial charge in [0.05, 0.1) is 12.4 Å². The molecular formula is C4H4N6O. The van der Waals surface area contributed by atoms with Crippen LogP contribution in [0.25, 0.3) is 5.82 Å². The SMILES string of the molecule is Nc1nonc1-n1ccnn1. The first-order chi connectivity index (χ1) is 5.38. The fraction of sp³-hybridized carbons (Fsp3) is 0. The molecule has 0 radical (unpaired) electrons. The molecule has 0 aliphatic rings. The van der Waals surface area contributed by atoms with E-state index in [0.29, 0.717) is 5.82 Å². The lowest BCUT2D eigenvalue weighted by Gasteiger charge is -1.89. The van der Waals surface area contributed by atoms with Crippen LogP contribution >= 0.6 is 0 Å². The second-order valence-corrected chi connectivity index (χ2v) is 1.82. The smallest absolute Gasteiger partial charge is 0.243 e. The Labute approximate surface area is 60.8 Å². The number of anilines is 1. The quantitative estimate of drug-likeness (QED) is 0.576. The molecule has 0 atom stereocenters. The Balaban J connectivity index is 2.53. The molecule has 2 heterocycles. The Kier molecular flexibility index (Phi) is 1.08. The van der Waals surface area contributed by atoms with Gasteiger partial charge < -0.3 is 5.73 Å². The van der Waals surface area contributed by atoms with Crippen LogP contribution in [0.4, 0.5) is 5.82 Å². The lowest BCUT2D eigenvalue weighted by molar-refractivity contribution is 0.307. The maximum absolute atomic E-state index is 5.38. The number of rotatable bonds is 1. The van der Waals surface area contributed by atoms with Crippen LogP contribution < -0.4 is 5.73 Å². The van der Waals surface area contributed by atoms with E-state index in [2.05, 4.69) is 25.3 Å². The highest BCUT2D eigenvalue weighted by atomic mass is 16.6. The number of nitrogens with two attached hydrogens (primary N) is 1. The lowest BCUT2D eigenvalue weighted by atomic mass is 10.6. The van der Waals surface area contributed by atoms with Crippen LogP contribution in [0.5, 0.6) is 0 Å². The van der Waals surface area contributed by atoms with Gasteiger partial charge in [0, 0.05) is 0 Å². The van der Waals surface area contributed by atoms with Gasteiger partial charge in [0.15, 0.2) is 0 Å². The Hall–Kier alpha value is -1.92. The van der Waals surface area contributed by atoms with Crippen LogP contribution in [0.3, 0.4) is 0 Å². The fourth-order valence-electron chi connectivity index (χ4n) is 0.671. The monoisotopic (exact) mass is 152 g/mol. The van der Waals surface area contributed by atoms with E-state index in [4.69, 9.17) is 5.73 Å². The van der Waals surface area contributed by atoms with E-state index >= 15 is 0 Å². The summed E-state index contributed by atoms with van der Waals surface area (Å²) in [4.78, 5) is 0. The third-order valence-corrected chi connectivity index (χ3v) is 1.14. The Bertz CT molecular complexity index is 337. The van der Waals surface area contributed by atoms with Crippen LogP contribution in [-0.2, 0) is 0 Å². The molecule has 0 aromatic carbocycles. The molecule has 0 amide bonds. The van der Waals surface area contributed by atoms with Gasteiger partial charge >= 0.3 is 0 Å². The van der Waals surface area contributed by atoms with Gasteiger partial charge in [0.25, 0.3) is 0 Å². The number of hydrogen-bond acceptors (Lipinski definition) is 6. The molecule has 2 N–H and O–H groups in total. The highest BCUT2D eigenvalue weighted by Crippen LogP contribution is 2.07. The van der Waals surface area contributed by atoms with Crippen molar-refractivity contribution < 1.29 is 4.63 Å². The maximum Gasteiger partial charge on any atom is 0.243 e. The molecule has 0 unspecified atom stereocenters. The summed E-state index contributed by atoms with van der Waals surface area (Å²) in [7, 11) is 0. The van der Waals surface area contributed by atoms with Gasteiger partial charge in [0.2, 0.25) is 11.6 Å². The molecule has 2 aromatic heterocycles. The van der Waals surface area contributed by atoms with Crippen molar-refractivity contribution in [2.75, 3.05) is 5.73 Å². The Morgan fingerprint density at radius 3 is 2.91 bits per heavy atom. The van der Waals surface area contributed by atoms with Gasteiger partial charge in [-0.05, 0) is 10.3 Å². The predicted molar refractivity (Wildman–Crippen MR) is 33.6 cm³/mol. The van der Waals surface area contributed by atoms with Gasteiger partial charge in [0.1, 0.15) is 0 Å². The second-order valence-electron chi connectivity index (χ2n) is 1.82. The zero-order chi connectivity index (χ0) is 7.68. The average Bonchev–Trinajstić information content (AvgIpc) is 2.55. The molecule has 0 saturated heterocycles. The first-order valence-electron chi connectivity index (χ1n) is 2.82. The summed E-state index contributed by atoms with van der Waals surface area (Å²) in [5, 5.41) is 14.1. The molecule has 7 nitrogen and oxygen atoms in total. The minimum Gasteiger partial charge on any atom is -0.378 e. The molecule has 0 saturated carbocycles. The van der Waals surface area contributed by atoms with Crippen LogP contribution in [0.1, 0.15) is 0 Å². The fourth-order valence-corrected chi connectivity index (χ4v) is 0.671. The molecule has 0 aliphatic heterocycles. The summed E-state index contributed by atoms with van der Waals surface area (Å²) >= 11 is 0. The standard InChI is InChI=1S/C4H4N6O/c5-3-4(8-11-7-3)10-2-1-6-9-10/h1-2H,(H2,5,7). The zero-order valence-electron chi connectivity index (χ0n) is 5.38. The molecule has 0 aliphatic carbocycles. The maximum atomic E-state index is 5.38. The minimum absolute atomic E-state index is 0.190. The van der Waals surface area contributed by atoms with E-state index in [9.17, 15) is 0 Å². The molecule has 0 bridgehead atoms. The van der Waals surface area contributed by atoms with Crippen molar-refractivity contribution in [3.63, 3.8) is 0 Å². The molecule has 2 aromatic rings. The van der Waals surface area contributed by atoms with Crippen molar-refractivity contribution in [2.45, 2.75) is 0 Å². The molecule has 0 fully saturated rings. The van der Waals surface area contributed by atoms with Crippen LogP contribution in [0, 0.1) is 0 Å². The van der Waals surface area contributed by atoms with Crippen LogP contribution in [0.2, 0.25) is 0 Å². The average molecular weight is 152 g/mol. The number of aromatic nitrogens is 5. The van der Waals surface area contributed by atoms with Crippen molar-refractivity contribution in [3.8, 4) is 5.82 Å². The van der Waals surface area contributed by atoms with Crippen LogP contribution in [-0.4, -0.2) is 25.3 Å². The van der Waals surface area contributed by atoms with E-state index in [0.717, 1.165) is 0 Å².